The zero-order valence-corrected chi connectivity index (χ0v) is 34.8. The van der Waals surface area contributed by atoms with Crippen LogP contribution in [0.25, 0.3) is 21.9 Å². The van der Waals surface area contributed by atoms with E-state index in [2.05, 4.69) is 35.6 Å². The second-order valence-corrected chi connectivity index (χ2v) is 17.6. The van der Waals surface area contributed by atoms with Gasteiger partial charge in [-0.25, -0.2) is 18.7 Å². The molecule has 8 heterocycles. The highest BCUT2D eigenvalue weighted by Crippen LogP contribution is 2.46. The van der Waals surface area contributed by atoms with Gasteiger partial charge in [-0.2, -0.15) is 10.1 Å². The number of aromatic nitrogens is 6. The molecule has 10 rings (SSSR count). The number of hydrogen-bond donors (Lipinski definition) is 4. The van der Waals surface area contributed by atoms with Crippen LogP contribution in [0.1, 0.15) is 50.1 Å². The fourth-order valence-electron chi connectivity index (χ4n) is 9.53. The van der Waals surface area contributed by atoms with Crippen LogP contribution in [0.4, 0.5) is 37.7 Å². The smallest absolute Gasteiger partial charge is 0.301 e. The molecule has 322 valence electrons. The van der Waals surface area contributed by atoms with Crippen LogP contribution < -0.4 is 36.0 Å². The molecule has 1 aliphatic carbocycles. The number of anilines is 5. The van der Waals surface area contributed by atoms with Crippen molar-refractivity contribution >= 4 is 68.4 Å². The molecule has 4 aliphatic heterocycles. The first kappa shape index (κ1) is 39.8. The van der Waals surface area contributed by atoms with Gasteiger partial charge >= 0.3 is 5.92 Å². The van der Waals surface area contributed by atoms with Crippen LogP contribution in [0, 0.1) is 11.8 Å². The number of rotatable bonds is 8. The Labute approximate surface area is 355 Å². The summed E-state index contributed by atoms with van der Waals surface area (Å²) >= 11 is 6.63. The third-order valence-corrected chi connectivity index (χ3v) is 13.4. The van der Waals surface area contributed by atoms with Crippen molar-refractivity contribution < 1.29 is 23.4 Å². The van der Waals surface area contributed by atoms with Crippen LogP contribution in [-0.4, -0.2) is 116 Å². The number of aliphatic hydroxyl groups excluding tert-OH is 1. The van der Waals surface area contributed by atoms with Crippen molar-refractivity contribution in [2.45, 2.75) is 62.6 Å². The SMILES string of the molecule is Cn1nc(C2CCC(=O)NC2O)c2ccc(N3CCN(CC4CCN(c5ncc(Cl)c(Nc6ccc7c(c6)c6c(c(=O)n7C)OCC(F)(F)C(C7CC7)N6)n5)CC4)CC3)nc21. The van der Waals surface area contributed by atoms with E-state index in [0.717, 1.165) is 81.2 Å². The Kier molecular flexibility index (Phi) is 10.1. The lowest BCUT2D eigenvalue weighted by atomic mass is 9.92. The van der Waals surface area contributed by atoms with Crippen LogP contribution in [0.2, 0.25) is 5.02 Å². The topological polar surface area (TPSA) is 171 Å². The fourth-order valence-corrected chi connectivity index (χ4v) is 9.67. The van der Waals surface area contributed by atoms with Crippen molar-refractivity contribution in [3.05, 3.63) is 57.6 Å². The first-order valence-corrected chi connectivity index (χ1v) is 21.5. The molecule has 3 unspecified atom stereocenters. The van der Waals surface area contributed by atoms with Crippen LogP contribution in [0.3, 0.4) is 0 Å². The maximum atomic E-state index is 15.2. The van der Waals surface area contributed by atoms with Gasteiger partial charge in [0.2, 0.25) is 17.6 Å². The molecule has 61 heavy (non-hydrogen) atoms. The van der Waals surface area contributed by atoms with E-state index < -0.39 is 30.4 Å². The zero-order valence-electron chi connectivity index (χ0n) is 34.1. The zero-order chi connectivity index (χ0) is 42.2. The van der Waals surface area contributed by atoms with Gasteiger partial charge in [-0.3, -0.25) is 19.2 Å². The van der Waals surface area contributed by atoms with Crippen LogP contribution in [-0.2, 0) is 18.9 Å². The Bertz CT molecular complexity index is 2570. The fraction of sp³-hybridized carbons (Fsp3) is 0.524. The molecule has 4 aromatic heterocycles. The summed E-state index contributed by atoms with van der Waals surface area (Å²) in [6, 6.07) is 8.34. The van der Waals surface area contributed by atoms with E-state index in [1.165, 1.54) is 4.57 Å². The Morgan fingerprint density at radius 1 is 0.951 bits per heavy atom. The van der Waals surface area contributed by atoms with Gasteiger partial charge in [-0.05, 0) is 74.3 Å². The summed E-state index contributed by atoms with van der Waals surface area (Å²) in [6.45, 7) is 5.37. The highest BCUT2D eigenvalue weighted by atomic mass is 35.5. The van der Waals surface area contributed by atoms with Crippen molar-refractivity contribution in [3.63, 3.8) is 0 Å². The number of nitrogens with one attached hydrogen (secondary N) is 3. The van der Waals surface area contributed by atoms with E-state index >= 15 is 8.78 Å². The third kappa shape index (κ3) is 7.56. The number of carbonyl (C=O) groups excluding carboxylic acids is 1. The largest absolute Gasteiger partial charge is 0.480 e. The Hall–Kier alpha value is -5.33. The molecular formula is C42H49ClF2N12O4. The van der Waals surface area contributed by atoms with Gasteiger partial charge in [0.05, 0.1) is 29.1 Å². The number of piperidine rings is 2. The first-order valence-electron chi connectivity index (χ1n) is 21.2. The summed E-state index contributed by atoms with van der Waals surface area (Å²) in [5.74, 6) is -1.39. The van der Waals surface area contributed by atoms with Gasteiger partial charge in [0.15, 0.2) is 18.1 Å². The second kappa shape index (κ2) is 15.5. The number of aryl methyl sites for hydroxylation is 2. The van der Waals surface area contributed by atoms with Gasteiger partial charge in [0.1, 0.15) is 17.1 Å². The highest BCUT2D eigenvalue weighted by Gasteiger charge is 2.51. The standard InChI is InChI=1S/C42H49ClF2N12O4/c1-53-30-8-5-25(19-28(30)34-35(40(53)60)61-22-42(44,45)36(50-34)24-3-4-24)47-37-29(43)20-46-41(51-37)57-13-11-23(12-14-57)21-55-15-17-56(18-16-55)31-9-6-26-33(52-54(2)38(26)48-31)27-7-10-32(58)49-39(27)59/h5-6,8-9,19-20,23-24,27,36,39,50,59H,3-4,7,10-18,21-22H2,1-2H3,(H,49,58)(H,46,47,51). The predicted molar refractivity (Wildman–Crippen MR) is 228 cm³/mol. The summed E-state index contributed by atoms with van der Waals surface area (Å²) in [5, 5.41) is 26.0. The number of nitrogens with zero attached hydrogens (tertiary/aromatic N) is 9. The monoisotopic (exact) mass is 858 g/mol. The minimum absolute atomic E-state index is 0.106. The lowest BCUT2D eigenvalue weighted by molar-refractivity contribution is -0.127. The molecule has 5 aliphatic rings. The molecule has 3 saturated heterocycles. The van der Waals surface area contributed by atoms with Crippen molar-refractivity contribution in [1.29, 1.82) is 0 Å². The predicted octanol–water partition coefficient (Wildman–Crippen LogP) is 4.58. The van der Waals surface area contributed by atoms with Crippen molar-refractivity contribution in [1.82, 2.24) is 39.5 Å². The molecule has 1 amide bonds. The average Bonchev–Trinajstić information content (AvgIpc) is 4.06. The Balaban J connectivity index is 0.762. The van der Waals surface area contributed by atoms with Gasteiger partial charge in [0, 0.05) is 88.7 Å². The van der Waals surface area contributed by atoms with Crippen LogP contribution in [0.15, 0.2) is 41.3 Å². The minimum Gasteiger partial charge on any atom is -0.480 e. The van der Waals surface area contributed by atoms with Gasteiger partial charge in [-0.15, -0.1) is 0 Å². The molecule has 5 aromatic rings. The summed E-state index contributed by atoms with van der Waals surface area (Å²) in [5.41, 5.74) is 2.53. The second-order valence-electron chi connectivity index (χ2n) is 17.2. The van der Waals surface area contributed by atoms with E-state index in [4.69, 9.17) is 31.4 Å². The molecule has 1 saturated carbocycles. The van der Waals surface area contributed by atoms with Crippen LogP contribution >= 0.6 is 11.6 Å². The van der Waals surface area contributed by atoms with E-state index in [-0.39, 0.29) is 29.2 Å². The lowest BCUT2D eigenvalue weighted by Gasteiger charge is -2.39. The van der Waals surface area contributed by atoms with Crippen molar-refractivity contribution in [2.75, 3.05) is 72.9 Å². The number of piperazine rings is 1. The molecule has 19 heteroatoms. The molecule has 3 atom stereocenters. The van der Waals surface area contributed by atoms with E-state index in [0.29, 0.717) is 65.0 Å². The molecule has 1 aromatic carbocycles. The molecular weight excluding hydrogens is 810 g/mol. The van der Waals surface area contributed by atoms with Crippen LogP contribution in [0.5, 0.6) is 5.75 Å². The number of halogens is 3. The molecule has 0 radical (unpaired) electrons. The number of benzene rings is 1. The molecule has 0 bridgehead atoms. The van der Waals surface area contributed by atoms with E-state index in [1.807, 2.05) is 25.2 Å². The van der Waals surface area contributed by atoms with Gasteiger partial charge in [-0.1, -0.05) is 11.6 Å². The number of alkyl halides is 2. The number of hydrogen-bond acceptors (Lipinski definition) is 13. The maximum Gasteiger partial charge on any atom is 0.301 e. The highest BCUT2D eigenvalue weighted by molar-refractivity contribution is 6.33. The minimum atomic E-state index is -3.13. The lowest BCUT2D eigenvalue weighted by Crippen LogP contribution is -2.49. The maximum absolute atomic E-state index is 15.2. The van der Waals surface area contributed by atoms with Crippen molar-refractivity contribution in [2.24, 2.45) is 25.9 Å². The van der Waals surface area contributed by atoms with E-state index in [9.17, 15) is 14.7 Å². The number of carbonyl (C=O) groups is 1. The molecule has 4 N–H and O–H groups in total. The number of ether oxygens (including phenoxy) is 1. The Morgan fingerprint density at radius 2 is 1.74 bits per heavy atom. The van der Waals surface area contributed by atoms with Gasteiger partial charge < -0.3 is 40.2 Å². The first-order chi connectivity index (χ1) is 29.4. The number of pyridine rings is 2. The molecule has 4 fully saturated rings. The quantitative estimate of drug-likeness (QED) is 0.171. The van der Waals surface area contributed by atoms with Crippen molar-refractivity contribution in [3.8, 4) is 5.75 Å². The Morgan fingerprint density at radius 3 is 2.49 bits per heavy atom. The molecule has 16 nitrogen and oxygen atoms in total. The number of amides is 1. The summed E-state index contributed by atoms with van der Waals surface area (Å²) in [6.07, 6.45) is 4.94. The normalized spacial score (nSPS) is 23.6. The average molecular weight is 859 g/mol. The number of fused-ring (bicyclic) bond motifs is 4. The summed E-state index contributed by atoms with van der Waals surface area (Å²) < 4.78 is 39.0. The molecule has 0 spiro atoms. The third-order valence-electron chi connectivity index (χ3n) is 13.1. The van der Waals surface area contributed by atoms with E-state index in [1.54, 1.807) is 30.1 Å². The summed E-state index contributed by atoms with van der Waals surface area (Å²) in [7, 11) is 3.47. The number of aliphatic hydroxyl groups is 1. The summed E-state index contributed by atoms with van der Waals surface area (Å²) in [4.78, 5) is 46.4. The van der Waals surface area contributed by atoms with Gasteiger partial charge in [0.25, 0.3) is 5.56 Å².